The standard InChI is InChI=1S/C23H19F4N3O2/c24-18-10-15(11-28)6-9-19(18)29-13-20(31)30(21(22(29)32)16-2-1-3-16)12-14-4-7-17(8-5-14)23(25,26)27/h4-10,16,21H,1-3,12-13H2/t21-/m0/s1. The first-order valence-corrected chi connectivity index (χ1v) is 10.2. The van der Waals surface area contributed by atoms with Crippen LogP contribution < -0.4 is 4.90 Å². The molecule has 166 valence electrons. The fourth-order valence-corrected chi connectivity index (χ4v) is 4.15. The van der Waals surface area contributed by atoms with Gasteiger partial charge in [0.15, 0.2) is 0 Å². The van der Waals surface area contributed by atoms with Crippen molar-refractivity contribution in [3.05, 3.63) is 65.0 Å². The highest BCUT2D eigenvalue weighted by atomic mass is 19.4. The molecule has 1 saturated carbocycles. The van der Waals surface area contributed by atoms with E-state index in [-0.39, 0.29) is 30.3 Å². The Morgan fingerprint density at radius 2 is 1.75 bits per heavy atom. The van der Waals surface area contributed by atoms with Gasteiger partial charge >= 0.3 is 6.18 Å². The van der Waals surface area contributed by atoms with Crippen LogP contribution >= 0.6 is 0 Å². The van der Waals surface area contributed by atoms with Gasteiger partial charge in [-0.15, -0.1) is 0 Å². The maximum Gasteiger partial charge on any atom is 0.416 e. The maximum absolute atomic E-state index is 14.6. The number of nitriles is 1. The molecule has 0 aromatic heterocycles. The van der Waals surface area contributed by atoms with Crippen LogP contribution in [0.25, 0.3) is 0 Å². The van der Waals surface area contributed by atoms with Crippen molar-refractivity contribution in [3.8, 4) is 6.07 Å². The van der Waals surface area contributed by atoms with Gasteiger partial charge in [0, 0.05) is 6.54 Å². The quantitative estimate of drug-likeness (QED) is 0.661. The van der Waals surface area contributed by atoms with Gasteiger partial charge in [0.05, 0.1) is 22.9 Å². The lowest BCUT2D eigenvalue weighted by atomic mass is 9.77. The molecule has 0 radical (unpaired) electrons. The molecule has 0 spiro atoms. The fraction of sp³-hybridized carbons (Fsp3) is 0.348. The predicted molar refractivity (Wildman–Crippen MR) is 107 cm³/mol. The summed E-state index contributed by atoms with van der Waals surface area (Å²) in [6.07, 6.45) is -2.09. The first-order valence-electron chi connectivity index (χ1n) is 10.2. The van der Waals surface area contributed by atoms with Crippen molar-refractivity contribution in [2.75, 3.05) is 11.4 Å². The molecule has 0 unspecified atom stereocenters. The molecule has 9 heteroatoms. The molecule has 2 amide bonds. The van der Waals surface area contributed by atoms with Gasteiger partial charge in [-0.3, -0.25) is 14.5 Å². The number of halogens is 4. The number of nitrogens with zero attached hydrogens (tertiary/aromatic N) is 3. The number of carbonyl (C=O) groups excluding carboxylic acids is 2. The van der Waals surface area contributed by atoms with Gasteiger partial charge in [-0.25, -0.2) is 4.39 Å². The largest absolute Gasteiger partial charge is 0.416 e. The third-order valence-electron chi connectivity index (χ3n) is 6.07. The van der Waals surface area contributed by atoms with Crippen molar-refractivity contribution < 1.29 is 27.2 Å². The smallest absolute Gasteiger partial charge is 0.324 e. The second-order valence-corrected chi connectivity index (χ2v) is 8.05. The first-order chi connectivity index (χ1) is 15.2. The number of piperazine rings is 1. The van der Waals surface area contributed by atoms with Crippen LogP contribution in [0.4, 0.5) is 23.2 Å². The number of alkyl halides is 3. The van der Waals surface area contributed by atoms with Crippen LogP contribution in [0.15, 0.2) is 42.5 Å². The molecule has 2 aromatic carbocycles. The van der Waals surface area contributed by atoms with Crippen molar-refractivity contribution >= 4 is 17.5 Å². The molecule has 1 atom stereocenters. The zero-order valence-electron chi connectivity index (χ0n) is 16.9. The Hall–Kier alpha value is -3.41. The molecule has 1 aliphatic heterocycles. The molecule has 1 saturated heterocycles. The topological polar surface area (TPSA) is 64.4 Å². The van der Waals surface area contributed by atoms with Gasteiger partial charge in [-0.1, -0.05) is 18.6 Å². The summed E-state index contributed by atoms with van der Waals surface area (Å²) in [4.78, 5) is 28.9. The zero-order valence-corrected chi connectivity index (χ0v) is 16.9. The Kier molecular flexibility index (Phi) is 5.63. The van der Waals surface area contributed by atoms with Gasteiger partial charge in [-0.05, 0) is 54.7 Å². The summed E-state index contributed by atoms with van der Waals surface area (Å²) in [5.74, 6) is -1.70. The molecule has 32 heavy (non-hydrogen) atoms. The SMILES string of the molecule is N#Cc1ccc(N2CC(=O)N(Cc3ccc(C(F)(F)F)cc3)[C@@H](C3CCC3)C2=O)c(F)c1. The van der Waals surface area contributed by atoms with E-state index in [0.717, 1.165) is 42.4 Å². The van der Waals surface area contributed by atoms with E-state index in [1.165, 1.54) is 29.2 Å². The molecule has 0 N–H and O–H groups in total. The summed E-state index contributed by atoms with van der Waals surface area (Å²) in [5.41, 5.74) is -0.288. The number of hydrogen-bond acceptors (Lipinski definition) is 3. The molecular formula is C23H19F4N3O2. The van der Waals surface area contributed by atoms with Crippen LogP contribution in [0.2, 0.25) is 0 Å². The number of benzene rings is 2. The van der Waals surface area contributed by atoms with Gasteiger partial charge in [0.25, 0.3) is 5.91 Å². The van der Waals surface area contributed by atoms with E-state index in [4.69, 9.17) is 5.26 Å². The second kappa shape index (κ2) is 8.26. The van der Waals surface area contributed by atoms with E-state index < -0.39 is 35.4 Å². The summed E-state index contributed by atoms with van der Waals surface area (Å²) < 4.78 is 53.1. The molecule has 1 aliphatic carbocycles. The summed E-state index contributed by atoms with van der Waals surface area (Å²) in [6.45, 7) is -0.390. The summed E-state index contributed by atoms with van der Waals surface area (Å²) >= 11 is 0. The van der Waals surface area contributed by atoms with E-state index in [1.807, 2.05) is 6.07 Å². The third-order valence-corrected chi connectivity index (χ3v) is 6.07. The zero-order chi connectivity index (χ0) is 23.0. The number of amides is 2. The molecular weight excluding hydrogens is 426 g/mol. The summed E-state index contributed by atoms with van der Waals surface area (Å²) in [6, 6.07) is 9.19. The van der Waals surface area contributed by atoms with Crippen LogP contribution in [0.1, 0.15) is 36.0 Å². The van der Waals surface area contributed by atoms with Crippen LogP contribution in [-0.4, -0.2) is 29.3 Å². The Morgan fingerprint density at radius 3 is 2.28 bits per heavy atom. The van der Waals surface area contributed by atoms with E-state index in [0.29, 0.717) is 5.56 Å². The van der Waals surface area contributed by atoms with E-state index in [2.05, 4.69) is 0 Å². The average Bonchev–Trinajstić information content (AvgIpc) is 2.71. The molecule has 0 bridgehead atoms. The molecule has 2 aromatic rings. The minimum Gasteiger partial charge on any atom is -0.324 e. The molecule has 2 fully saturated rings. The van der Waals surface area contributed by atoms with E-state index >= 15 is 0 Å². The van der Waals surface area contributed by atoms with Crippen LogP contribution in [0.5, 0.6) is 0 Å². The Balaban J connectivity index is 1.61. The van der Waals surface area contributed by atoms with Crippen LogP contribution in [0, 0.1) is 23.1 Å². The fourth-order valence-electron chi connectivity index (χ4n) is 4.15. The van der Waals surface area contributed by atoms with Crippen LogP contribution in [0.3, 0.4) is 0 Å². The molecule has 1 heterocycles. The molecule has 5 nitrogen and oxygen atoms in total. The normalized spacial score (nSPS) is 19.7. The minimum atomic E-state index is -4.46. The first kappa shape index (κ1) is 21.8. The van der Waals surface area contributed by atoms with Gasteiger partial charge in [-0.2, -0.15) is 18.4 Å². The lowest BCUT2D eigenvalue weighted by Gasteiger charge is -2.46. The lowest BCUT2D eigenvalue weighted by molar-refractivity contribution is -0.147. The van der Waals surface area contributed by atoms with Crippen molar-refractivity contribution in [1.29, 1.82) is 5.26 Å². The minimum absolute atomic E-state index is 0.00638. The Morgan fingerprint density at radius 1 is 1.06 bits per heavy atom. The number of rotatable bonds is 4. The Bertz CT molecular complexity index is 1090. The lowest BCUT2D eigenvalue weighted by Crippen LogP contribution is -2.63. The van der Waals surface area contributed by atoms with E-state index in [9.17, 15) is 27.2 Å². The summed E-state index contributed by atoms with van der Waals surface area (Å²) in [7, 11) is 0. The van der Waals surface area contributed by atoms with Gasteiger partial charge < -0.3 is 4.90 Å². The highest BCUT2D eigenvalue weighted by Gasteiger charge is 2.46. The second-order valence-electron chi connectivity index (χ2n) is 8.05. The number of carbonyl (C=O) groups is 2. The summed E-state index contributed by atoms with van der Waals surface area (Å²) in [5, 5.41) is 8.93. The van der Waals surface area contributed by atoms with Crippen LogP contribution in [-0.2, 0) is 22.3 Å². The van der Waals surface area contributed by atoms with Gasteiger partial charge in [0.2, 0.25) is 5.91 Å². The monoisotopic (exact) mass is 445 g/mol. The van der Waals surface area contributed by atoms with Gasteiger partial charge in [0.1, 0.15) is 18.4 Å². The predicted octanol–water partition coefficient (Wildman–Crippen LogP) is 4.26. The van der Waals surface area contributed by atoms with Crippen molar-refractivity contribution in [1.82, 2.24) is 4.90 Å². The van der Waals surface area contributed by atoms with Crippen molar-refractivity contribution in [2.24, 2.45) is 5.92 Å². The van der Waals surface area contributed by atoms with Crippen molar-refractivity contribution in [2.45, 2.75) is 38.0 Å². The van der Waals surface area contributed by atoms with Crippen molar-refractivity contribution in [3.63, 3.8) is 0 Å². The molecule has 4 rings (SSSR count). The average molecular weight is 445 g/mol. The number of hydrogen-bond donors (Lipinski definition) is 0. The third kappa shape index (κ3) is 4.05. The molecule has 2 aliphatic rings. The Labute approximate surface area is 181 Å². The highest BCUT2D eigenvalue weighted by Crippen LogP contribution is 2.37. The highest BCUT2D eigenvalue weighted by molar-refractivity contribution is 6.06. The number of anilines is 1. The van der Waals surface area contributed by atoms with E-state index in [1.54, 1.807) is 0 Å². The maximum atomic E-state index is 14.6.